The van der Waals surface area contributed by atoms with Gasteiger partial charge in [-0.3, -0.25) is 4.98 Å². The van der Waals surface area contributed by atoms with Gasteiger partial charge in [0.15, 0.2) is 0 Å². The van der Waals surface area contributed by atoms with Crippen molar-refractivity contribution in [2.24, 2.45) is 10.9 Å². The lowest BCUT2D eigenvalue weighted by Gasteiger charge is -2.45. The molecule has 1 aliphatic carbocycles. The number of methoxy groups -OCH3 is 1. The van der Waals surface area contributed by atoms with E-state index in [1.165, 1.54) is 24.4 Å². The minimum atomic E-state index is -2.06. The number of aromatic nitrogens is 1. The van der Waals surface area contributed by atoms with Crippen LogP contribution in [0.2, 0.25) is 0 Å². The van der Waals surface area contributed by atoms with Gasteiger partial charge < -0.3 is 23.7 Å². The summed E-state index contributed by atoms with van der Waals surface area (Å²) in [6, 6.07) is 10.4. The highest BCUT2D eigenvalue weighted by molar-refractivity contribution is 5.98. The second-order valence-corrected chi connectivity index (χ2v) is 14.0. The molecule has 10 nitrogen and oxygen atoms in total. The van der Waals surface area contributed by atoms with E-state index in [9.17, 15) is 14.0 Å². The third kappa shape index (κ3) is 7.98. The molecule has 49 heavy (non-hydrogen) atoms. The number of alkyl halides is 1. The summed E-state index contributed by atoms with van der Waals surface area (Å²) in [6.07, 6.45) is -0.271. The molecule has 2 aliphatic rings. The molecule has 2 aromatic carbocycles. The van der Waals surface area contributed by atoms with Gasteiger partial charge in [-0.2, -0.15) is 0 Å². The van der Waals surface area contributed by atoms with Crippen molar-refractivity contribution in [2.75, 3.05) is 13.8 Å². The van der Waals surface area contributed by atoms with Crippen molar-refractivity contribution >= 4 is 18.2 Å². The van der Waals surface area contributed by atoms with Crippen LogP contribution in [-0.4, -0.2) is 59.2 Å². The van der Waals surface area contributed by atoms with Crippen LogP contribution in [0.15, 0.2) is 59.9 Å². The minimum Gasteiger partial charge on any atom is -0.497 e. The summed E-state index contributed by atoms with van der Waals surface area (Å²) in [5.74, 6) is -1.58. The van der Waals surface area contributed by atoms with Crippen LogP contribution in [-0.2, 0) is 37.7 Å². The van der Waals surface area contributed by atoms with Gasteiger partial charge in [-0.15, -0.1) is 4.99 Å². The maximum atomic E-state index is 16.6. The van der Waals surface area contributed by atoms with Crippen LogP contribution in [0.25, 0.3) is 11.1 Å². The summed E-state index contributed by atoms with van der Waals surface area (Å²) in [5.41, 5.74) is -2.61. The van der Waals surface area contributed by atoms with Gasteiger partial charge in [-0.05, 0) is 95.0 Å². The Kier molecular flexibility index (Phi) is 9.96. The Balaban J connectivity index is 1.62. The van der Waals surface area contributed by atoms with Crippen molar-refractivity contribution in [1.82, 2.24) is 9.88 Å². The number of fused-ring (bicyclic) bond motifs is 1. The number of hydrogen-bond donors (Lipinski definition) is 0. The molecular formula is C36H40F3N3O7. The van der Waals surface area contributed by atoms with Gasteiger partial charge >= 0.3 is 18.2 Å². The van der Waals surface area contributed by atoms with Crippen LogP contribution in [0.1, 0.15) is 64.7 Å². The highest BCUT2D eigenvalue weighted by atomic mass is 19.1. The first-order valence-electron chi connectivity index (χ1n) is 15.8. The average molecular weight is 684 g/mol. The number of ether oxygens (including phenoxy) is 5. The van der Waals surface area contributed by atoms with Crippen LogP contribution in [0.5, 0.6) is 5.75 Å². The van der Waals surface area contributed by atoms with Gasteiger partial charge in [0.1, 0.15) is 46.9 Å². The summed E-state index contributed by atoms with van der Waals surface area (Å²) >= 11 is 0. The molecular weight excluding hydrogens is 643 g/mol. The van der Waals surface area contributed by atoms with E-state index in [2.05, 4.69) is 9.98 Å². The van der Waals surface area contributed by atoms with E-state index in [-0.39, 0.29) is 30.8 Å². The molecule has 13 heteroatoms. The minimum absolute atomic E-state index is 0.103. The molecule has 0 N–H and O–H groups in total. The Labute approximate surface area is 283 Å². The standard InChI is InChI=1S/C36H40F3N3O7/c1-34(2,3)48-32(43)41-31-42(33(44)49-35(4,5)6)36(20-37,28-15-30(28)47-31)27-14-26(22-12-24(38)17-40-16-22)23(13-29(27)39)19-46-18-21-8-10-25(45-7)11-9-21/h8-14,16-17,28,30H,15,18-20H2,1-7H3/t28?,30-,36-/m1/s1. The van der Waals surface area contributed by atoms with Crippen LogP contribution < -0.4 is 4.74 Å². The Morgan fingerprint density at radius 2 is 1.69 bits per heavy atom. The third-order valence-corrected chi connectivity index (χ3v) is 7.91. The fraction of sp³-hybridized carbons (Fsp3) is 0.444. The fourth-order valence-electron chi connectivity index (χ4n) is 5.76. The SMILES string of the molecule is COc1ccc(COCc2cc(F)c([C@]3(CF)C4C[C@H]4OC(=NC(=O)OC(C)(C)C)N3C(=O)OC(C)(C)C)cc2-c2cncc(F)c2)cc1. The van der Waals surface area contributed by atoms with Gasteiger partial charge in [-0.25, -0.2) is 27.7 Å². The molecule has 1 saturated carbocycles. The van der Waals surface area contributed by atoms with E-state index in [1.54, 1.807) is 60.8 Å². The molecule has 0 spiro atoms. The number of amidine groups is 1. The van der Waals surface area contributed by atoms with Crippen molar-refractivity contribution in [2.45, 2.75) is 84.0 Å². The topological polar surface area (TPSA) is 109 Å². The summed E-state index contributed by atoms with van der Waals surface area (Å²) in [5, 5.41) is 0. The number of benzene rings is 2. The molecule has 2 amide bonds. The first-order chi connectivity index (χ1) is 23.0. The van der Waals surface area contributed by atoms with Crippen LogP contribution >= 0.6 is 0 Å². The summed E-state index contributed by atoms with van der Waals surface area (Å²) in [7, 11) is 1.56. The van der Waals surface area contributed by atoms with Crippen molar-refractivity contribution in [3.63, 3.8) is 0 Å². The quantitative estimate of drug-likeness (QED) is 0.236. The summed E-state index contributed by atoms with van der Waals surface area (Å²) in [4.78, 5) is 35.4. The van der Waals surface area contributed by atoms with Gasteiger partial charge in [0, 0.05) is 23.2 Å². The van der Waals surface area contributed by atoms with Crippen molar-refractivity contribution in [3.05, 3.63) is 83.2 Å². The Bertz CT molecular complexity index is 1740. The molecule has 3 atom stereocenters. The fourth-order valence-corrected chi connectivity index (χ4v) is 5.76. The lowest BCUT2D eigenvalue weighted by atomic mass is 9.81. The highest BCUT2D eigenvalue weighted by Crippen LogP contribution is 2.56. The first-order valence-corrected chi connectivity index (χ1v) is 15.8. The second kappa shape index (κ2) is 13.7. The number of carbonyl (C=O) groups is 2. The summed E-state index contributed by atoms with van der Waals surface area (Å²) in [6.45, 7) is 8.46. The molecule has 5 rings (SSSR count). The maximum absolute atomic E-state index is 16.6. The van der Waals surface area contributed by atoms with Gasteiger partial charge in [-0.1, -0.05) is 12.1 Å². The van der Waals surface area contributed by atoms with E-state index in [0.29, 0.717) is 16.9 Å². The number of carbonyl (C=O) groups excluding carboxylic acids is 2. The number of aliphatic imine (C=N–C) groups is 1. The van der Waals surface area contributed by atoms with Crippen molar-refractivity contribution in [1.29, 1.82) is 0 Å². The van der Waals surface area contributed by atoms with E-state index >= 15 is 8.78 Å². The van der Waals surface area contributed by atoms with Gasteiger partial charge in [0.2, 0.25) is 0 Å². The lowest BCUT2D eigenvalue weighted by Crippen LogP contribution is -2.61. The van der Waals surface area contributed by atoms with Gasteiger partial charge in [0.05, 0.1) is 26.5 Å². The van der Waals surface area contributed by atoms with E-state index in [0.717, 1.165) is 16.7 Å². The van der Waals surface area contributed by atoms with Crippen LogP contribution in [0.4, 0.5) is 22.8 Å². The molecule has 2 heterocycles. The number of rotatable bonds is 8. The normalized spacial score (nSPS) is 21.1. The molecule has 1 saturated heterocycles. The summed E-state index contributed by atoms with van der Waals surface area (Å²) < 4.78 is 74.9. The molecule has 0 bridgehead atoms. The van der Waals surface area contributed by atoms with Crippen molar-refractivity contribution < 1.29 is 46.4 Å². The Hall–Kier alpha value is -4.65. The lowest BCUT2D eigenvalue weighted by molar-refractivity contribution is -0.0218. The predicted octanol–water partition coefficient (Wildman–Crippen LogP) is 7.86. The smallest absolute Gasteiger partial charge is 0.438 e. The largest absolute Gasteiger partial charge is 0.497 e. The first kappa shape index (κ1) is 35.7. The number of nitrogens with zero attached hydrogens (tertiary/aromatic N) is 3. The Morgan fingerprint density at radius 3 is 2.31 bits per heavy atom. The molecule has 1 unspecified atom stereocenters. The van der Waals surface area contributed by atoms with Crippen LogP contribution in [0, 0.1) is 17.6 Å². The molecule has 0 radical (unpaired) electrons. The second-order valence-electron chi connectivity index (χ2n) is 14.0. The monoisotopic (exact) mass is 683 g/mol. The number of pyridine rings is 1. The number of amides is 2. The van der Waals surface area contributed by atoms with Gasteiger partial charge in [0.25, 0.3) is 0 Å². The Morgan fingerprint density at radius 1 is 1.00 bits per heavy atom. The predicted molar refractivity (Wildman–Crippen MR) is 173 cm³/mol. The van der Waals surface area contributed by atoms with E-state index in [1.807, 2.05) is 12.1 Å². The molecule has 1 aromatic heterocycles. The highest BCUT2D eigenvalue weighted by Gasteiger charge is 2.67. The van der Waals surface area contributed by atoms with E-state index < -0.39 is 65.3 Å². The zero-order valence-corrected chi connectivity index (χ0v) is 28.5. The molecule has 2 fully saturated rings. The maximum Gasteiger partial charge on any atom is 0.438 e. The molecule has 3 aromatic rings. The molecule has 262 valence electrons. The average Bonchev–Trinajstić information content (AvgIpc) is 3.79. The third-order valence-electron chi connectivity index (χ3n) is 7.91. The number of hydrogen-bond acceptors (Lipinski definition) is 8. The van der Waals surface area contributed by atoms with Crippen molar-refractivity contribution in [3.8, 4) is 16.9 Å². The van der Waals surface area contributed by atoms with Crippen LogP contribution in [0.3, 0.4) is 0 Å². The number of halogens is 3. The van der Waals surface area contributed by atoms with E-state index in [4.69, 9.17) is 23.7 Å². The zero-order valence-electron chi connectivity index (χ0n) is 28.5. The molecule has 1 aliphatic heterocycles. The zero-order chi connectivity index (χ0) is 35.7.